The molecule has 2 aromatic carbocycles. The van der Waals surface area contributed by atoms with Gasteiger partial charge in [-0.05, 0) is 37.3 Å². The summed E-state index contributed by atoms with van der Waals surface area (Å²) in [6, 6.07) is 11.8. The Hall–Kier alpha value is -2.85. The molecule has 0 radical (unpaired) electrons. The van der Waals surface area contributed by atoms with Crippen LogP contribution in [-0.2, 0) is 21.9 Å². The van der Waals surface area contributed by atoms with Gasteiger partial charge >= 0.3 is 4.87 Å². The maximum atomic E-state index is 12.6. The van der Waals surface area contributed by atoms with E-state index in [9.17, 15) is 18.0 Å². The Labute approximate surface area is 172 Å². The Morgan fingerprint density at radius 1 is 1.24 bits per heavy atom. The molecule has 3 aromatic rings. The molecular formula is C19H21N3O5S2. The van der Waals surface area contributed by atoms with Crippen molar-refractivity contribution in [2.75, 3.05) is 29.0 Å². The van der Waals surface area contributed by atoms with Crippen molar-refractivity contribution in [2.24, 2.45) is 7.05 Å². The average Bonchev–Trinajstić information content (AvgIpc) is 2.93. The number of nitrogens with one attached hydrogen (secondary N) is 1. The molecule has 1 aromatic heterocycles. The minimum absolute atomic E-state index is 0.0979. The molecule has 0 spiro atoms. The molecule has 0 aliphatic heterocycles. The first-order valence-electron chi connectivity index (χ1n) is 8.79. The third-order valence-electron chi connectivity index (χ3n) is 4.20. The van der Waals surface area contributed by atoms with Crippen molar-refractivity contribution in [3.05, 3.63) is 52.1 Å². The van der Waals surface area contributed by atoms with Crippen molar-refractivity contribution < 1.29 is 17.9 Å². The van der Waals surface area contributed by atoms with E-state index in [-0.39, 0.29) is 4.87 Å². The zero-order valence-corrected chi connectivity index (χ0v) is 17.8. The van der Waals surface area contributed by atoms with Crippen molar-refractivity contribution in [3.63, 3.8) is 0 Å². The summed E-state index contributed by atoms with van der Waals surface area (Å²) in [5.41, 5.74) is 1.54. The summed E-state index contributed by atoms with van der Waals surface area (Å²) < 4.78 is 33.5. The van der Waals surface area contributed by atoms with Gasteiger partial charge in [-0.25, -0.2) is 8.42 Å². The van der Waals surface area contributed by atoms with Crippen LogP contribution in [0.15, 0.2) is 47.3 Å². The summed E-state index contributed by atoms with van der Waals surface area (Å²) in [7, 11) is -2.05. The number of amides is 1. The van der Waals surface area contributed by atoms with Gasteiger partial charge in [-0.15, -0.1) is 0 Å². The molecule has 154 valence electrons. The summed E-state index contributed by atoms with van der Waals surface area (Å²) in [6.07, 6.45) is 1.04. The van der Waals surface area contributed by atoms with Gasteiger partial charge in [0.1, 0.15) is 12.3 Å². The molecule has 0 fully saturated rings. The number of aryl methyl sites for hydroxylation is 1. The molecule has 0 saturated heterocycles. The molecule has 8 nitrogen and oxygen atoms in total. The molecule has 3 rings (SSSR count). The van der Waals surface area contributed by atoms with Crippen LogP contribution in [0, 0.1) is 0 Å². The SMILES string of the molecule is CCOc1ccccc1N(CC(=O)Nc1ccc2c(c1)sc(=O)n2C)S(C)(=O)=O. The average molecular weight is 436 g/mol. The van der Waals surface area contributed by atoms with Gasteiger partial charge in [0.25, 0.3) is 0 Å². The highest BCUT2D eigenvalue weighted by molar-refractivity contribution is 7.92. The van der Waals surface area contributed by atoms with E-state index < -0.39 is 22.5 Å². The lowest BCUT2D eigenvalue weighted by atomic mass is 10.2. The van der Waals surface area contributed by atoms with Gasteiger partial charge in [0.05, 0.1) is 28.8 Å². The van der Waals surface area contributed by atoms with Crippen LogP contribution in [0.3, 0.4) is 0 Å². The van der Waals surface area contributed by atoms with Gasteiger partial charge in [-0.3, -0.25) is 13.9 Å². The highest BCUT2D eigenvalue weighted by atomic mass is 32.2. The number of anilines is 2. The maximum absolute atomic E-state index is 12.6. The van der Waals surface area contributed by atoms with E-state index in [2.05, 4.69) is 5.32 Å². The van der Waals surface area contributed by atoms with E-state index in [0.29, 0.717) is 23.7 Å². The molecule has 1 amide bonds. The van der Waals surface area contributed by atoms with Crippen LogP contribution in [0.1, 0.15) is 6.92 Å². The van der Waals surface area contributed by atoms with Gasteiger partial charge in [-0.1, -0.05) is 23.5 Å². The normalized spacial score (nSPS) is 11.4. The second kappa shape index (κ2) is 8.26. The smallest absolute Gasteiger partial charge is 0.307 e. The summed E-state index contributed by atoms with van der Waals surface area (Å²) in [4.78, 5) is 24.3. The first-order chi connectivity index (χ1) is 13.7. The quantitative estimate of drug-likeness (QED) is 0.615. The number of carbonyl (C=O) groups excluding carboxylic acids is 1. The number of ether oxygens (including phenoxy) is 1. The number of hydrogen-bond acceptors (Lipinski definition) is 6. The third-order valence-corrected chi connectivity index (χ3v) is 6.32. The topological polar surface area (TPSA) is 97.7 Å². The lowest BCUT2D eigenvalue weighted by molar-refractivity contribution is -0.114. The van der Waals surface area contributed by atoms with E-state index >= 15 is 0 Å². The van der Waals surface area contributed by atoms with Crippen molar-refractivity contribution >= 4 is 48.9 Å². The molecule has 0 saturated carbocycles. The highest BCUT2D eigenvalue weighted by Gasteiger charge is 2.24. The van der Waals surface area contributed by atoms with Crippen molar-refractivity contribution in [2.45, 2.75) is 6.92 Å². The molecule has 0 aliphatic rings. The Balaban J connectivity index is 1.86. The van der Waals surface area contributed by atoms with E-state index in [1.54, 1.807) is 56.4 Å². The fourth-order valence-corrected chi connectivity index (χ4v) is 4.64. The summed E-state index contributed by atoms with van der Waals surface area (Å²) in [5.74, 6) is -0.131. The summed E-state index contributed by atoms with van der Waals surface area (Å²) in [6.45, 7) is 1.75. The number of thiazole rings is 1. The molecule has 10 heteroatoms. The van der Waals surface area contributed by atoms with E-state index in [1.165, 1.54) is 4.57 Å². The predicted octanol–water partition coefficient (Wildman–Crippen LogP) is 2.40. The van der Waals surface area contributed by atoms with E-state index in [4.69, 9.17) is 4.74 Å². The Morgan fingerprint density at radius 2 is 1.97 bits per heavy atom. The zero-order valence-electron chi connectivity index (χ0n) is 16.2. The van der Waals surface area contributed by atoms with Gasteiger partial charge in [0, 0.05) is 12.7 Å². The Morgan fingerprint density at radius 3 is 2.66 bits per heavy atom. The van der Waals surface area contributed by atoms with Crippen LogP contribution in [0.4, 0.5) is 11.4 Å². The standard InChI is InChI=1S/C19H21N3O5S2/c1-4-27-16-8-6-5-7-14(16)22(29(3,25)26)12-18(23)20-13-9-10-15-17(11-13)28-19(24)21(15)2/h5-11H,4,12H2,1-3H3,(H,20,23). The number of sulfonamides is 1. The van der Waals surface area contributed by atoms with Gasteiger partial charge in [-0.2, -0.15) is 0 Å². The molecule has 0 atom stereocenters. The van der Waals surface area contributed by atoms with E-state index in [0.717, 1.165) is 32.1 Å². The number of para-hydroxylation sites is 2. The zero-order chi connectivity index (χ0) is 21.2. The van der Waals surface area contributed by atoms with E-state index in [1.807, 2.05) is 0 Å². The van der Waals surface area contributed by atoms with Crippen LogP contribution in [0.5, 0.6) is 5.75 Å². The number of rotatable bonds is 7. The van der Waals surface area contributed by atoms with Crippen LogP contribution in [0.25, 0.3) is 10.2 Å². The summed E-state index contributed by atoms with van der Waals surface area (Å²) in [5, 5.41) is 2.70. The number of aromatic nitrogens is 1. The lowest BCUT2D eigenvalue weighted by Gasteiger charge is -2.24. The first-order valence-corrected chi connectivity index (χ1v) is 11.5. The number of carbonyl (C=O) groups is 1. The van der Waals surface area contributed by atoms with Gasteiger partial charge in [0.2, 0.25) is 15.9 Å². The number of benzene rings is 2. The predicted molar refractivity (Wildman–Crippen MR) is 115 cm³/mol. The van der Waals surface area contributed by atoms with Crippen molar-refractivity contribution in [3.8, 4) is 5.75 Å². The largest absolute Gasteiger partial charge is 0.492 e. The van der Waals surface area contributed by atoms with Crippen molar-refractivity contribution in [1.29, 1.82) is 0 Å². The minimum Gasteiger partial charge on any atom is -0.492 e. The van der Waals surface area contributed by atoms with Crippen LogP contribution in [-0.4, -0.2) is 38.3 Å². The fourth-order valence-electron chi connectivity index (χ4n) is 2.86. The Bertz CT molecular complexity index is 1210. The first kappa shape index (κ1) is 20.9. The molecule has 0 bridgehead atoms. The number of hydrogen-bond donors (Lipinski definition) is 1. The summed E-state index contributed by atoms with van der Waals surface area (Å²) >= 11 is 1.08. The molecule has 1 heterocycles. The molecule has 1 N–H and O–H groups in total. The molecule has 29 heavy (non-hydrogen) atoms. The second-order valence-electron chi connectivity index (χ2n) is 6.33. The van der Waals surface area contributed by atoms with Crippen LogP contribution in [0.2, 0.25) is 0 Å². The fraction of sp³-hybridized carbons (Fsp3) is 0.263. The second-order valence-corrected chi connectivity index (χ2v) is 9.23. The minimum atomic E-state index is -3.73. The maximum Gasteiger partial charge on any atom is 0.307 e. The monoisotopic (exact) mass is 435 g/mol. The molecule has 0 unspecified atom stereocenters. The van der Waals surface area contributed by atoms with Crippen molar-refractivity contribution in [1.82, 2.24) is 4.57 Å². The lowest BCUT2D eigenvalue weighted by Crippen LogP contribution is -2.37. The van der Waals surface area contributed by atoms with Crippen LogP contribution >= 0.6 is 11.3 Å². The highest BCUT2D eigenvalue weighted by Crippen LogP contribution is 2.30. The van der Waals surface area contributed by atoms with Gasteiger partial charge < -0.3 is 14.6 Å². The number of fused-ring (bicyclic) bond motifs is 1. The Kier molecular flexibility index (Phi) is 5.94. The third kappa shape index (κ3) is 4.60. The van der Waals surface area contributed by atoms with Crippen LogP contribution < -0.4 is 19.2 Å². The number of nitrogens with zero attached hydrogens (tertiary/aromatic N) is 2. The molecule has 0 aliphatic carbocycles. The molecular weight excluding hydrogens is 414 g/mol. The van der Waals surface area contributed by atoms with Gasteiger partial charge in [0.15, 0.2) is 0 Å².